The average Bonchev–Trinajstić information content (AvgIpc) is 2.66. The maximum atomic E-state index is 11.9. The number of carbonyl (C=O) groups is 1. The Morgan fingerprint density at radius 2 is 1.46 bits per heavy atom. The van der Waals surface area contributed by atoms with E-state index in [4.69, 9.17) is 0 Å². The van der Waals surface area contributed by atoms with Crippen molar-refractivity contribution in [2.45, 2.75) is 90.2 Å². The number of aliphatic hydroxyl groups is 1. The minimum atomic E-state index is -0.695. The van der Waals surface area contributed by atoms with Gasteiger partial charge in [0, 0.05) is 6.54 Å². The lowest BCUT2D eigenvalue weighted by molar-refractivity contribution is 0.137. The molecule has 0 heterocycles. The number of hydrogen-bond acceptors (Lipinski definition) is 2. The quantitative estimate of drug-likeness (QED) is 0.392. The molecule has 0 radical (unpaired) electrons. The van der Waals surface area contributed by atoms with E-state index in [0.29, 0.717) is 6.54 Å². The Morgan fingerprint density at radius 3 is 2.04 bits per heavy atom. The molecule has 26 heavy (non-hydrogen) atoms. The molecule has 4 heteroatoms. The number of rotatable bonds is 14. The van der Waals surface area contributed by atoms with Gasteiger partial charge in [0.25, 0.3) is 0 Å². The second-order valence-corrected chi connectivity index (χ2v) is 7.23. The smallest absolute Gasteiger partial charge is 0.315 e. The van der Waals surface area contributed by atoms with E-state index in [9.17, 15) is 9.90 Å². The number of nitrogens with one attached hydrogen (secondary N) is 2. The van der Waals surface area contributed by atoms with Gasteiger partial charge in [0.05, 0.1) is 12.1 Å². The van der Waals surface area contributed by atoms with Crippen molar-refractivity contribution in [1.29, 1.82) is 0 Å². The lowest BCUT2D eigenvalue weighted by atomic mass is 10.0. The van der Waals surface area contributed by atoms with Crippen LogP contribution in [0.4, 0.5) is 4.79 Å². The molecule has 148 valence electrons. The monoisotopic (exact) mass is 362 g/mol. The van der Waals surface area contributed by atoms with Crippen molar-refractivity contribution in [3.63, 3.8) is 0 Å². The summed E-state index contributed by atoms with van der Waals surface area (Å²) in [5.41, 5.74) is 0.815. The second kappa shape index (κ2) is 14.6. The van der Waals surface area contributed by atoms with Crippen LogP contribution in [0.3, 0.4) is 0 Å². The maximum absolute atomic E-state index is 11.9. The van der Waals surface area contributed by atoms with Crippen LogP contribution in [0, 0.1) is 0 Å². The van der Waals surface area contributed by atoms with Gasteiger partial charge < -0.3 is 15.7 Å². The molecule has 2 amide bonds. The number of carbonyl (C=O) groups excluding carboxylic acids is 1. The van der Waals surface area contributed by atoms with Gasteiger partial charge in [-0.05, 0) is 18.9 Å². The van der Waals surface area contributed by atoms with Gasteiger partial charge in [0.1, 0.15) is 0 Å². The van der Waals surface area contributed by atoms with Crippen molar-refractivity contribution in [1.82, 2.24) is 10.6 Å². The van der Waals surface area contributed by atoms with E-state index in [2.05, 4.69) is 17.6 Å². The molecule has 2 atom stereocenters. The van der Waals surface area contributed by atoms with Crippen molar-refractivity contribution in [2.24, 2.45) is 0 Å². The molecule has 1 aromatic rings. The van der Waals surface area contributed by atoms with Gasteiger partial charge in [0.2, 0.25) is 0 Å². The number of unbranched alkanes of at least 4 members (excludes halogenated alkanes) is 9. The molecule has 4 nitrogen and oxygen atoms in total. The number of aliphatic hydroxyl groups excluding tert-OH is 1. The van der Waals surface area contributed by atoms with Gasteiger partial charge in [-0.2, -0.15) is 0 Å². The molecule has 0 aliphatic heterocycles. The third kappa shape index (κ3) is 10.4. The fourth-order valence-corrected chi connectivity index (χ4v) is 3.09. The average molecular weight is 363 g/mol. The van der Waals surface area contributed by atoms with Gasteiger partial charge in [0.15, 0.2) is 0 Å². The van der Waals surface area contributed by atoms with Crippen molar-refractivity contribution in [2.75, 3.05) is 6.54 Å². The molecular weight excluding hydrogens is 324 g/mol. The minimum Gasteiger partial charge on any atom is -0.386 e. The molecule has 1 aromatic carbocycles. The van der Waals surface area contributed by atoms with E-state index in [1.165, 1.54) is 51.4 Å². The first-order valence-corrected chi connectivity index (χ1v) is 10.4. The lowest BCUT2D eigenvalue weighted by Gasteiger charge is -2.20. The zero-order valence-electron chi connectivity index (χ0n) is 16.7. The topological polar surface area (TPSA) is 61.4 Å². The summed E-state index contributed by atoms with van der Waals surface area (Å²) in [6, 6.07) is 8.88. The van der Waals surface area contributed by atoms with Gasteiger partial charge in [-0.3, -0.25) is 0 Å². The Labute approximate surface area is 159 Å². The van der Waals surface area contributed by atoms with Gasteiger partial charge in [-0.1, -0.05) is 95.0 Å². The van der Waals surface area contributed by atoms with Crippen LogP contribution in [0.2, 0.25) is 0 Å². The molecule has 0 fully saturated rings. The minimum absolute atomic E-state index is 0.205. The normalized spacial score (nSPS) is 13.2. The zero-order valence-corrected chi connectivity index (χ0v) is 16.7. The highest BCUT2D eigenvalue weighted by atomic mass is 16.3. The number of hydrogen-bond donors (Lipinski definition) is 3. The molecule has 3 N–H and O–H groups in total. The Morgan fingerprint density at radius 1 is 0.923 bits per heavy atom. The summed E-state index contributed by atoms with van der Waals surface area (Å²) in [6.07, 6.45) is 12.2. The number of benzene rings is 1. The van der Waals surface area contributed by atoms with Crippen molar-refractivity contribution >= 4 is 6.03 Å². The van der Waals surface area contributed by atoms with E-state index >= 15 is 0 Å². The van der Waals surface area contributed by atoms with Gasteiger partial charge in [-0.25, -0.2) is 4.79 Å². The van der Waals surface area contributed by atoms with Crippen LogP contribution in [0.1, 0.15) is 89.7 Å². The van der Waals surface area contributed by atoms with Crippen LogP contribution >= 0.6 is 0 Å². The fraction of sp³-hybridized carbons (Fsp3) is 0.682. The van der Waals surface area contributed by atoms with Crippen LogP contribution < -0.4 is 10.6 Å². The van der Waals surface area contributed by atoms with E-state index < -0.39 is 6.10 Å². The van der Waals surface area contributed by atoms with Crippen molar-refractivity contribution in [3.8, 4) is 0 Å². The Bertz CT molecular complexity index is 464. The van der Waals surface area contributed by atoms with Crippen LogP contribution in [0.15, 0.2) is 30.3 Å². The highest BCUT2D eigenvalue weighted by Gasteiger charge is 2.17. The van der Waals surface area contributed by atoms with Gasteiger partial charge >= 0.3 is 6.03 Å². The first-order chi connectivity index (χ1) is 12.6. The summed E-state index contributed by atoms with van der Waals surface area (Å²) in [4.78, 5) is 11.9. The molecule has 0 aliphatic carbocycles. The second-order valence-electron chi connectivity index (χ2n) is 7.23. The summed E-state index contributed by atoms with van der Waals surface area (Å²) in [5.74, 6) is 0. The largest absolute Gasteiger partial charge is 0.386 e. The maximum Gasteiger partial charge on any atom is 0.315 e. The van der Waals surface area contributed by atoms with Gasteiger partial charge in [-0.15, -0.1) is 0 Å². The molecule has 0 spiro atoms. The third-order valence-electron chi connectivity index (χ3n) is 4.79. The standard InChI is InChI=1S/C22H38N2O2/c1-3-4-5-6-7-8-9-10-11-15-18-23-22(26)24-19(2)21(25)20-16-13-12-14-17-20/h12-14,16-17,19,21,25H,3-11,15,18H2,1-2H3,(H2,23,24,26)/t19-,21-/m1/s1. The lowest BCUT2D eigenvalue weighted by Crippen LogP contribution is -2.43. The van der Waals surface area contributed by atoms with E-state index in [-0.39, 0.29) is 12.1 Å². The first-order valence-electron chi connectivity index (χ1n) is 10.4. The number of urea groups is 1. The summed E-state index contributed by atoms with van der Waals surface area (Å²) in [5, 5.41) is 16.0. The first kappa shape index (κ1) is 22.5. The van der Waals surface area contributed by atoms with E-state index in [0.717, 1.165) is 18.4 Å². The van der Waals surface area contributed by atoms with E-state index in [1.807, 2.05) is 37.3 Å². The SMILES string of the molecule is CCCCCCCCCCCCNC(=O)N[C@H](C)[C@@H](O)c1ccccc1. The third-order valence-corrected chi connectivity index (χ3v) is 4.79. The highest BCUT2D eigenvalue weighted by Crippen LogP contribution is 2.15. The van der Waals surface area contributed by atoms with Crippen LogP contribution in [-0.4, -0.2) is 23.7 Å². The molecule has 0 unspecified atom stereocenters. The Kier molecular flexibility index (Phi) is 12.6. The predicted octanol–water partition coefficient (Wildman–Crippen LogP) is 5.33. The Hall–Kier alpha value is -1.55. The summed E-state index contributed by atoms with van der Waals surface area (Å²) in [7, 11) is 0. The fourth-order valence-electron chi connectivity index (χ4n) is 3.09. The van der Waals surface area contributed by atoms with E-state index in [1.54, 1.807) is 0 Å². The summed E-state index contributed by atoms with van der Waals surface area (Å²) >= 11 is 0. The highest BCUT2D eigenvalue weighted by molar-refractivity contribution is 5.74. The predicted molar refractivity (Wildman–Crippen MR) is 109 cm³/mol. The summed E-state index contributed by atoms with van der Waals surface area (Å²) < 4.78 is 0. The summed E-state index contributed by atoms with van der Waals surface area (Å²) in [6.45, 7) is 4.76. The zero-order chi connectivity index (χ0) is 19.0. The molecule has 0 saturated carbocycles. The van der Waals surface area contributed by atoms with Crippen molar-refractivity contribution < 1.29 is 9.90 Å². The van der Waals surface area contributed by atoms with Crippen LogP contribution in [0.25, 0.3) is 0 Å². The molecule has 0 saturated heterocycles. The molecular formula is C22H38N2O2. The molecule has 0 aliphatic rings. The molecule has 0 bridgehead atoms. The van der Waals surface area contributed by atoms with Crippen LogP contribution in [-0.2, 0) is 0 Å². The molecule has 0 aromatic heterocycles. The molecule has 1 rings (SSSR count). The van der Waals surface area contributed by atoms with Crippen molar-refractivity contribution in [3.05, 3.63) is 35.9 Å². The Balaban J connectivity index is 2.00. The van der Waals surface area contributed by atoms with Crippen LogP contribution in [0.5, 0.6) is 0 Å². The number of amides is 2.